The van der Waals surface area contributed by atoms with Gasteiger partial charge in [0.15, 0.2) is 0 Å². The zero-order chi connectivity index (χ0) is 15.3. The highest BCUT2D eigenvalue weighted by Gasteiger charge is 2.15. The first-order valence-electron chi connectivity index (χ1n) is 6.48. The zero-order valence-corrected chi connectivity index (χ0v) is 13.9. The van der Waals surface area contributed by atoms with E-state index in [4.69, 9.17) is 16.3 Å². The van der Waals surface area contributed by atoms with Gasteiger partial charge in [0.25, 0.3) is 0 Å². The molecule has 0 bridgehead atoms. The number of nitrogens with one attached hydrogen (secondary N) is 1. The fourth-order valence-electron chi connectivity index (χ4n) is 1.67. The van der Waals surface area contributed by atoms with E-state index in [1.54, 1.807) is 30.3 Å². The first-order chi connectivity index (χ1) is 10.0. The van der Waals surface area contributed by atoms with Crippen LogP contribution < -0.4 is 9.46 Å². The molecule has 2 rings (SSSR count). The average Bonchev–Trinajstić information content (AvgIpc) is 2.93. The van der Waals surface area contributed by atoms with Gasteiger partial charge in [0, 0.05) is 16.4 Å². The summed E-state index contributed by atoms with van der Waals surface area (Å²) < 4.78 is 32.4. The highest BCUT2D eigenvalue weighted by Crippen LogP contribution is 2.21. The first kappa shape index (κ1) is 16.3. The van der Waals surface area contributed by atoms with E-state index in [0.29, 0.717) is 15.0 Å². The molecule has 0 atom stereocenters. The molecular formula is C14H16ClNO3S2. The molecule has 7 heteroatoms. The maximum absolute atomic E-state index is 12.0. The molecule has 0 aliphatic heterocycles. The summed E-state index contributed by atoms with van der Waals surface area (Å²) in [6, 6.07) is 10.4. The van der Waals surface area contributed by atoms with Gasteiger partial charge in [-0.15, -0.1) is 11.3 Å². The third-order valence-corrected chi connectivity index (χ3v) is 6.13. The van der Waals surface area contributed by atoms with Crippen LogP contribution in [0.15, 0.2) is 40.6 Å². The van der Waals surface area contributed by atoms with E-state index in [-0.39, 0.29) is 13.2 Å². The summed E-state index contributed by atoms with van der Waals surface area (Å²) in [5.74, 6) is 0.617. The van der Waals surface area contributed by atoms with Gasteiger partial charge in [0.2, 0.25) is 10.0 Å². The molecule has 1 N–H and O–H groups in total. The fourth-order valence-corrected chi connectivity index (χ4v) is 4.20. The Morgan fingerprint density at radius 3 is 2.76 bits per heavy atom. The Kier molecular flexibility index (Phi) is 5.64. The molecule has 21 heavy (non-hydrogen) atoms. The van der Waals surface area contributed by atoms with Crippen LogP contribution in [-0.4, -0.2) is 21.6 Å². The van der Waals surface area contributed by atoms with Crippen molar-refractivity contribution in [3.63, 3.8) is 0 Å². The Bertz CT molecular complexity index is 698. The van der Waals surface area contributed by atoms with Crippen LogP contribution in [0, 0.1) is 0 Å². The molecule has 0 saturated heterocycles. The maximum atomic E-state index is 12.0. The fraction of sp³-hybridized carbons (Fsp3) is 0.286. The van der Waals surface area contributed by atoms with Crippen molar-refractivity contribution in [2.75, 3.05) is 13.2 Å². The lowest BCUT2D eigenvalue weighted by molar-refractivity contribution is 0.323. The summed E-state index contributed by atoms with van der Waals surface area (Å²) in [6.45, 7) is 2.44. The molecule has 1 aromatic carbocycles. The van der Waals surface area contributed by atoms with Gasteiger partial charge < -0.3 is 4.74 Å². The standard InChI is InChI=1S/C14H16ClNO3S2/c1-2-13-6-7-14(20-13)21(17,18)16-8-9-19-12-5-3-4-11(15)10-12/h3-7,10,16H,2,8-9H2,1H3. The van der Waals surface area contributed by atoms with E-state index >= 15 is 0 Å². The smallest absolute Gasteiger partial charge is 0.250 e. The van der Waals surface area contributed by atoms with Crippen LogP contribution in [0.5, 0.6) is 5.75 Å². The topological polar surface area (TPSA) is 55.4 Å². The van der Waals surface area contributed by atoms with Gasteiger partial charge in [0.05, 0.1) is 0 Å². The molecule has 0 spiro atoms. The number of thiophene rings is 1. The van der Waals surface area contributed by atoms with Gasteiger partial charge in [-0.2, -0.15) is 0 Å². The Morgan fingerprint density at radius 2 is 2.10 bits per heavy atom. The van der Waals surface area contributed by atoms with Gasteiger partial charge in [0.1, 0.15) is 16.6 Å². The van der Waals surface area contributed by atoms with Crippen LogP contribution in [-0.2, 0) is 16.4 Å². The van der Waals surface area contributed by atoms with Crippen molar-refractivity contribution in [2.45, 2.75) is 17.6 Å². The SMILES string of the molecule is CCc1ccc(S(=O)(=O)NCCOc2cccc(Cl)c2)s1. The lowest BCUT2D eigenvalue weighted by atomic mass is 10.3. The third-order valence-electron chi connectivity index (χ3n) is 2.71. The molecular weight excluding hydrogens is 330 g/mol. The van der Waals surface area contributed by atoms with E-state index in [9.17, 15) is 8.42 Å². The number of hydrogen-bond donors (Lipinski definition) is 1. The van der Waals surface area contributed by atoms with Crippen molar-refractivity contribution in [1.82, 2.24) is 4.72 Å². The Morgan fingerprint density at radius 1 is 1.29 bits per heavy atom. The minimum atomic E-state index is -3.45. The lowest BCUT2D eigenvalue weighted by Crippen LogP contribution is -2.27. The van der Waals surface area contributed by atoms with E-state index in [0.717, 1.165) is 11.3 Å². The predicted octanol–water partition coefficient (Wildman–Crippen LogP) is 3.32. The highest BCUT2D eigenvalue weighted by molar-refractivity contribution is 7.91. The van der Waals surface area contributed by atoms with Crippen LogP contribution >= 0.6 is 22.9 Å². The highest BCUT2D eigenvalue weighted by atomic mass is 35.5. The normalized spacial score (nSPS) is 11.5. The molecule has 0 amide bonds. The van der Waals surface area contributed by atoms with Crippen LogP contribution in [0.2, 0.25) is 5.02 Å². The van der Waals surface area contributed by atoms with Crippen molar-refractivity contribution in [1.29, 1.82) is 0 Å². The minimum Gasteiger partial charge on any atom is -0.492 e. The van der Waals surface area contributed by atoms with Crippen LogP contribution in [0.3, 0.4) is 0 Å². The van der Waals surface area contributed by atoms with Gasteiger partial charge in [-0.25, -0.2) is 13.1 Å². The summed E-state index contributed by atoms with van der Waals surface area (Å²) in [6.07, 6.45) is 0.831. The number of rotatable bonds is 7. The largest absolute Gasteiger partial charge is 0.492 e. The van der Waals surface area contributed by atoms with Crippen LogP contribution in [0.25, 0.3) is 0 Å². The summed E-state index contributed by atoms with van der Waals surface area (Å²) in [4.78, 5) is 1.05. The average molecular weight is 346 g/mol. The minimum absolute atomic E-state index is 0.203. The Hall–Kier alpha value is -1.08. The Labute approximate surface area is 133 Å². The molecule has 0 saturated carbocycles. The molecule has 0 radical (unpaired) electrons. The van der Waals surface area contributed by atoms with Gasteiger partial charge >= 0.3 is 0 Å². The molecule has 0 aliphatic rings. The van der Waals surface area contributed by atoms with Crippen molar-refractivity contribution >= 4 is 33.0 Å². The second-order valence-electron chi connectivity index (χ2n) is 4.28. The number of benzene rings is 1. The van der Waals surface area contributed by atoms with Gasteiger partial charge in [-0.05, 0) is 36.8 Å². The van der Waals surface area contributed by atoms with Crippen LogP contribution in [0.1, 0.15) is 11.8 Å². The van der Waals surface area contributed by atoms with Gasteiger partial charge in [-0.3, -0.25) is 0 Å². The first-order valence-corrected chi connectivity index (χ1v) is 9.16. The second kappa shape index (κ2) is 7.26. The van der Waals surface area contributed by atoms with Gasteiger partial charge in [-0.1, -0.05) is 24.6 Å². The molecule has 114 valence electrons. The molecule has 0 aliphatic carbocycles. The number of halogens is 1. The monoisotopic (exact) mass is 345 g/mol. The van der Waals surface area contributed by atoms with Crippen molar-refractivity contribution in [3.8, 4) is 5.75 Å². The van der Waals surface area contributed by atoms with E-state index in [1.165, 1.54) is 11.3 Å². The van der Waals surface area contributed by atoms with Crippen molar-refractivity contribution in [3.05, 3.63) is 46.3 Å². The molecule has 4 nitrogen and oxygen atoms in total. The number of sulfonamides is 1. The third kappa shape index (κ3) is 4.71. The summed E-state index contributed by atoms with van der Waals surface area (Å²) >= 11 is 7.12. The molecule has 1 aromatic heterocycles. The summed E-state index contributed by atoms with van der Waals surface area (Å²) in [5, 5.41) is 0.582. The maximum Gasteiger partial charge on any atom is 0.250 e. The van der Waals surface area contributed by atoms with E-state index in [1.807, 2.05) is 13.0 Å². The number of ether oxygens (including phenoxy) is 1. The molecule has 2 aromatic rings. The van der Waals surface area contributed by atoms with Crippen LogP contribution in [0.4, 0.5) is 0 Å². The summed E-state index contributed by atoms with van der Waals surface area (Å²) in [7, 11) is -3.45. The predicted molar refractivity (Wildman–Crippen MR) is 85.8 cm³/mol. The lowest BCUT2D eigenvalue weighted by Gasteiger charge is -2.07. The Balaban J connectivity index is 1.85. The molecule has 1 heterocycles. The van der Waals surface area contributed by atoms with Crippen molar-refractivity contribution < 1.29 is 13.2 Å². The van der Waals surface area contributed by atoms with E-state index < -0.39 is 10.0 Å². The second-order valence-corrected chi connectivity index (χ2v) is 7.88. The zero-order valence-electron chi connectivity index (χ0n) is 11.5. The summed E-state index contributed by atoms with van der Waals surface area (Å²) in [5.41, 5.74) is 0. The number of hydrogen-bond acceptors (Lipinski definition) is 4. The number of aryl methyl sites for hydroxylation is 1. The molecule has 0 fully saturated rings. The van der Waals surface area contributed by atoms with E-state index in [2.05, 4.69) is 4.72 Å². The molecule has 0 unspecified atom stereocenters. The quantitative estimate of drug-likeness (QED) is 0.783. The van der Waals surface area contributed by atoms with Crippen molar-refractivity contribution in [2.24, 2.45) is 0 Å².